The Balaban J connectivity index is 1.45. The Hall–Kier alpha value is -3.14. The van der Waals surface area contributed by atoms with Crippen LogP contribution in [0.25, 0.3) is 10.8 Å². The van der Waals surface area contributed by atoms with Crippen molar-refractivity contribution in [1.29, 1.82) is 0 Å². The zero-order valence-corrected chi connectivity index (χ0v) is 25.5. The van der Waals surface area contributed by atoms with Crippen LogP contribution in [0, 0.1) is 12.3 Å². The van der Waals surface area contributed by atoms with Gasteiger partial charge in [0.2, 0.25) is 11.8 Å². The lowest BCUT2D eigenvalue weighted by Gasteiger charge is -2.44. The van der Waals surface area contributed by atoms with Crippen molar-refractivity contribution in [3.8, 4) is 16.5 Å². The summed E-state index contributed by atoms with van der Waals surface area (Å²) in [6.07, 6.45) is 3.52. The van der Waals surface area contributed by atoms with Crippen molar-refractivity contribution in [3.05, 3.63) is 53.4 Å². The number of amides is 1. The van der Waals surface area contributed by atoms with Gasteiger partial charge in [0.15, 0.2) is 5.78 Å². The topological polar surface area (TPSA) is 149 Å². The number of para-hydroxylation sites is 1. The molecule has 1 spiro atoms. The third kappa shape index (κ3) is 5.40. The maximum absolute atomic E-state index is 14.6. The molecular formula is C29H33N3O9S2. The van der Waals surface area contributed by atoms with Crippen LogP contribution < -0.4 is 9.64 Å². The fourth-order valence-electron chi connectivity index (χ4n) is 6.24. The number of ketones is 1. The minimum Gasteiger partial charge on any atom is -0.496 e. The lowest BCUT2D eigenvalue weighted by atomic mass is 9.69. The van der Waals surface area contributed by atoms with Gasteiger partial charge in [0.25, 0.3) is 0 Å². The number of hydrogen-bond donors (Lipinski definition) is 1. The lowest BCUT2D eigenvalue weighted by molar-refractivity contribution is -0.129. The second-order valence-corrected chi connectivity index (χ2v) is 13.4. The van der Waals surface area contributed by atoms with Crippen LogP contribution in [0.5, 0.6) is 5.75 Å². The monoisotopic (exact) mass is 631 g/mol. The van der Waals surface area contributed by atoms with Gasteiger partial charge in [0.1, 0.15) is 28.5 Å². The number of anilines is 1. The predicted molar refractivity (Wildman–Crippen MR) is 157 cm³/mol. The molecule has 3 aliphatic rings. The molecule has 1 amide bonds. The van der Waals surface area contributed by atoms with E-state index < -0.39 is 27.7 Å². The quantitative estimate of drug-likeness (QED) is 0.285. The summed E-state index contributed by atoms with van der Waals surface area (Å²) in [5.74, 6) is 0.173. The van der Waals surface area contributed by atoms with E-state index in [0.29, 0.717) is 58.7 Å². The van der Waals surface area contributed by atoms with Crippen molar-refractivity contribution in [2.45, 2.75) is 44.8 Å². The van der Waals surface area contributed by atoms with Crippen LogP contribution in [0.1, 0.15) is 53.3 Å². The van der Waals surface area contributed by atoms with Crippen LogP contribution in [0.15, 0.2) is 41.1 Å². The molecule has 14 heteroatoms. The molecule has 0 saturated carbocycles. The largest absolute Gasteiger partial charge is 0.496 e. The molecule has 2 saturated heterocycles. The van der Waals surface area contributed by atoms with Crippen LogP contribution in [0.4, 0.5) is 5.00 Å². The molecule has 3 aromatic rings. The molecule has 1 N–H and O–H groups in total. The average Bonchev–Trinajstić information content (AvgIpc) is 3.66. The highest BCUT2D eigenvalue weighted by Gasteiger charge is 2.56. The van der Waals surface area contributed by atoms with Crippen LogP contribution in [0.3, 0.4) is 0 Å². The molecule has 0 unspecified atom stereocenters. The number of carbonyl (C=O) groups is 2. The van der Waals surface area contributed by atoms with Crippen molar-refractivity contribution in [2.24, 2.45) is 5.41 Å². The lowest BCUT2D eigenvalue weighted by Crippen LogP contribution is -2.58. The molecular weight excluding hydrogens is 598 g/mol. The minimum atomic E-state index is -4.47. The average molecular weight is 632 g/mol. The summed E-state index contributed by atoms with van der Waals surface area (Å²) in [5.41, 5.74) is 0.292. The van der Waals surface area contributed by atoms with E-state index >= 15 is 0 Å². The van der Waals surface area contributed by atoms with Gasteiger partial charge in [-0.1, -0.05) is 18.2 Å². The number of oxazole rings is 1. The van der Waals surface area contributed by atoms with E-state index in [1.165, 1.54) is 23.8 Å². The molecule has 5 heterocycles. The highest BCUT2D eigenvalue weighted by Crippen LogP contribution is 2.52. The number of Topliss-reactive ketones (excluding diaryl/α,β-unsaturated/α-hetero) is 1. The number of nitrogens with zero attached hydrogens (tertiary/aromatic N) is 3. The first-order chi connectivity index (χ1) is 20.6. The second kappa shape index (κ2) is 11.7. The van der Waals surface area contributed by atoms with E-state index in [1.807, 2.05) is 24.3 Å². The van der Waals surface area contributed by atoms with E-state index in [0.717, 1.165) is 9.87 Å². The van der Waals surface area contributed by atoms with Crippen LogP contribution in [-0.2, 0) is 24.6 Å². The summed E-state index contributed by atoms with van der Waals surface area (Å²) >= 11 is 1.26. The summed E-state index contributed by atoms with van der Waals surface area (Å²) in [7, 11) is -2.89. The van der Waals surface area contributed by atoms with Gasteiger partial charge in [-0.15, -0.1) is 11.3 Å². The van der Waals surface area contributed by atoms with Crippen LogP contribution >= 0.6 is 11.3 Å². The van der Waals surface area contributed by atoms with E-state index in [2.05, 4.69) is 4.98 Å². The molecule has 12 nitrogen and oxygen atoms in total. The first-order valence-corrected chi connectivity index (χ1v) is 16.3. The summed E-state index contributed by atoms with van der Waals surface area (Å²) in [6.45, 7) is 2.71. The molecule has 2 aromatic heterocycles. The number of benzene rings is 1. The Labute approximate surface area is 253 Å². The Morgan fingerprint density at radius 3 is 2.56 bits per heavy atom. The third-order valence-corrected chi connectivity index (χ3v) is 10.9. The smallest absolute Gasteiger partial charge is 0.335 e. The SMILES string of the molecule is COc1ccccc1[C@H](CN1C(=O)C2(CCN(S(=O)(=O)O)CC2)C(=O)c2c1sc(-c1ncco1)c2C)OC1CCOCC1. The van der Waals surface area contributed by atoms with Crippen LogP contribution in [-0.4, -0.2) is 80.0 Å². The molecule has 3 aliphatic heterocycles. The first-order valence-electron chi connectivity index (χ1n) is 14.1. The van der Waals surface area contributed by atoms with Gasteiger partial charge in [-0.2, -0.15) is 12.7 Å². The van der Waals surface area contributed by atoms with Gasteiger partial charge >= 0.3 is 10.3 Å². The molecule has 2 fully saturated rings. The number of piperidine rings is 1. The Morgan fingerprint density at radius 2 is 1.91 bits per heavy atom. The standard InChI is InChI=1S/C29H33N3O9S2/c1-18-23-25(33)29(9-12-31(13-10-29)43(35,36)37)28(34)32(27(23)42-24(18)26-30-11-16-40-26)17-22(41-19-7-14-39-15-8-19)20-5-3-4-6-21(20)38-2/h3-6,11,16,19,22H,7-10,12-15,17H2,1-2H3,(H,35,36,37)/t22-/m0/s1. The van der Waals surface area contributed by atoms with E-state index in [-0.39, 0.29) is 44.4 Å². The molecule has 0 aliphatic carbocycles. The van der Waals surface area contributed by atoms with E-state index in [4.69, 9.17) is 18.6 Å². The highest BCUT2D eigenvalue weighted by atomic mass is 32.2. The van der Waals surface area contributed by atoms with Gasteiger partial charge in [-0.3, -0.25) is 19.0 Å². The van der Waals surface area contributed by atoms with Crippen molar-refractivity contribution < 1.29 is 41.2 Å². The van der Waals surface area contributed by atoms with Gasteiger partial charge in [0.05, 0.1) is 36.4 Å². The third-order valence-electron chi connectivity index (χ3n) is 8.58. The second-order valence-electron chi connectivity index (χ2n) is 11.0. The van der Waals surface area contributed by atoms with Crippen LogP contribution in [0.2, 0.25) is 0 Å². The number of rotatable bonds is 8. The van der Waals surface area contributed by atoms with Gasteiger partial charge in [-0.25, -0.2) is 4.98 Å². The summed E-state index contributed by atoms with van der Waals surface area (Å²) in [6, 6.07) is 7.49. The van der Waals surface area contributed by atoms with Crippen molar-refractivity contribution in [1.82, 2.24) is 9.29 Å². The van der Waals surface area contributed by atoms with Gasteiger partial charge in [-0.05, 0) is 44.2 Å². The van der Waals surface area contributed by atoms with Gasteiger partial charge in [0, 0.05) is 31.9 Å². The Kier molecular flexibility index (Phi) is 8.17. The number of fused-ring (bicyclic) bond motifs is 1. The molecule has 0 radical (unpaired) electrons. The number of aromatic nitrogens is 1. The molecule has 230 valence electrons. The number of hydrogen-bond acceptors (Lipinski definition) is 10. The van der Waals surface area contributed by atoms with Crippen molar-refractivity contribution in [2.75, 3.05) is 44.9 Å². The summed E-state index contributed by atoms with van der Waals surface area (Å²) in [5, 5.41) is 0.471. The Morgan fingerprint density at radius 1 is 1.19 bits per heavy atom. The molecule has 1 aromatic carbocycles. The molecule has 43 heavy (non-hydrogen) atoms. The Bertz CT molecular complexity index is 1610. The number of thiophene rings is 1. The first kappa shape index (κ1) is 29.9. The number of carbonyl (C=O) groups excluding carboxylic acids is 2. The van der Waals surface area contributed by atoms with Gasteiger partial charge < -0.3 is 18.6 Å². The molecule has 1 atom stereocenters. The predicted octanol–water partition coefficient (Wildman–Crippen LogP) is 4.07. The van der Waals surface area contributed by atoms with Crippen molar-refractivity contribution >= 4 is 38.3 Å². The normalized spacial score (nSPS) is 20.4. The fraction of sp³-hybridized carbons (Fsp3) is 0.483. The fourth-order valence-corrected chi connectivity index (χ4v) is 8.14. The minimum absolute atomic E-state index is 0.0653. The van der Waals surface area contributed by atoms with Crippen molar-refractivity contribution in [3.63, 3.8) is 0 Å². The maximum atomic E-state index is 14.6. The zero-order valence-electron chi connectivity index (χ0n) is 23.9. The maximum Gasteiger partial charge on any atom is 0.335 e. The number of methoxy groups -OCH3 is 1. The molecule has 6 rings (SSSR count). The number of ether oxygens (including phenoxy) is 3. The summed E-state index contributed by atoms with van der Waals surface area (Å²) < 4.78 is 57.7. The van der Waals surface area contributed by atoms with E-state index in [1.54, 1.807) is 18.9 Å². The summed E-state index contributed by atoms with van der Waals surface area (Å²) in [4.78, 5) is 35.4. The molecule has 0 bridgehead atoms. The van der Waals surface area contributed by atoms with E-state index in [9.17, 15) is 22.6 Å². The highest BCUT2D eigenvalue weighted by molar-refractivity contribution is 7.83. The zero-order chi connectivity index (χ0) is 30.4.